The van der Waals surface area contributed by atoms with Gasteiger partial charge < -0.3 is 15.4 Å². The smallest absolute Gasteiger partial charge is 0.191 e. The summed E-state index contributed by atoms with van der Waals surface area (Å²) in [6.07, 6.45) is 1.96. The van der Waals surface area contributed by atoms with Crippen LogP contribution in [-0.2, 0) is 12.8 Å². The highest BCUT2D eigenvalue weighted by atomic mass is 32.1. The monoisotopic (exact) mass is 343 g/mol. The summed E-state index contributed by atoms with van der Waals surface area (Å²) in [7, 11) is 0. The maximum absolute atomic E-state index is 5.56. The van der Waals surface area contributed by atoms with E-state index in [0.29, 0.717) is 0 Å². The summed E-state index contributed by atoms with van der Waals surface area (Å²) in [5, 5.41) is 8.91. The quantitative estimate of drug-likeness (QED) is 0.623. The van der Waals surface area contributed by atoms with E-state index in [9.17, 15) is 0 Å². The Kier molecular flexibility index (Phi) is 5.75. The SMILES string of the molecule is CCNC(=NCCc1ccc2c(c1)CCO2)NC(C)c1cccs1. The van der Waals surface area contributed by atoms with Gasteiger partial charge in [0.05, 0.1) is 12.6 Å². The molecule has 5 heteroatoms. The molecule has 0 amide bonds. The number of benzene rings is 1. The highest BCUT2D eigenvalue weighted by Gasteiger charge is 2.12. The molecule has 1 unspecified atom stereocenters. The van der Waals surface area contributed by atoms with Crippen LogP contribution in [0.3, 0.4) is 0 Å². The molecule has 0 saturated heterocycles. The summed E-state index contributed by atoms with van der Waals surface area (Å²) in [6.45, 7) is 6.70. The summed E-state index contributed by atoms with van der Waals surface area (Å²) in [6, 6.07) is 11.0. The van der Waals surface area contributed by atoms with Gasteiger partial charge in [0.25, 0.3) is 0 Å². The van der Waals surface area contributed by atoms with E-state index in [4.69, 9.17) is 9.73 Å². The molecular weight excluding hydrogens is 318 g/mol. The van der Waals surface area contributed by atoms with Crippen molar-refractivity contribution in [2.45, 2.75) is 32.7 Å². The molecule has 2 N–H and O–H groups in total. The minimum Gasteiger partial charge on any atom is -0.493 e. The van der Waals surface area contributed by atoms with Crippen LogP contribution in [0.15, 0.2) is 40.7 Å². The van der Waals surface area contributed by atoms with E-state index in [2.05, 4.69) is 60.2 Å². The molecule has 2 heterocycles. The summed E-state index contributed by atoms with van der Waals surface area (Å²) >= 11 is 1.77. The van der Waals surface area contributed by atoms with E-state index in [1.807, 2.05) is 0 Å². The van der Waals surface area contributed by atoms with Crippen LogP contribution in [0.5, 0.6) is 5.75 Å². The molecule has 1 aliphatic heterocycles. The molecule has 3 rings (SSSR count). The van der Waals surface area contributed by atoms with Gasteiger partial charge in [0, 0.05) is 24.4 Å². The maximum atomic E-state index is 5.56. The standard InChI is InChI=1S/C19H25N3OS/c1-3-20-19(22-14(2)18-5-4-12-24-18)21-10-8-15-6-7-17-16(13-15)9-11-23-17/h4-7,12-14H,3,8-11H2,1-2H3,(H2,20,21,22). The fourth-order valence-corrected chi connectivity index (χ4v) is 3.56. The zero-order valence-electron chi connectivity index (χ0n) is 14.3. The van der Waals surface area contributed by atoms with E-state index in [0.717, 1.165) is 44.2 Å². The van der Waals surface area contributed by atoms with Crippen LogP contribution in [0.4, 0.5) is 0 Å². The summed E-state index contributed by atoms with van der Waals surface area (Å²) < 4.78 is 5.56. The summed E-state index contributed by atoms with van der Waals surface area (Å²) in [5.41, 5.74) is 2.65. The molecule has 0 radical (unpaired) electrons. The first kappa shape index (κ1) is 16.8. The zero-order chi connectivity index (χ0) is 16.8. The highest BCUT2D eigenvalue weighted by molar-refractivity contribution is 7.10. The van der Waals surface area contributed by atoms with Crippen LogP contribution in [0.1, 0.15) is 35.9 Å². The lowest BCUT2D eigenvalue weighted by atomic mass is 10.1. The largest absolute Gasteiger partial charge is 0.493 e. The van der Waals surface area contributed by atoms with E-state index in [-0.39, 0.29) is 6.04 Å². The van der Waals surface area contributed by atoms with E-state index < -0.39 is 0 Å². The number of ether oxygens (including phenoxy) is 1. The Morgan fingerprint density at radius 1 is 1.38 bits per heavy atom. The number of aliphatic imine (C=N–C) groups is 1. The molecule has 128 valence electrons. The molecule has 24 heavy (non-hydrogen) atoms. The van der Waals surface area contributed by atoms with E-state index in [1.165, 1.54) is 16.0 Å². The molecule has 0 fully saturated rings. The molecule has 1 aromatic carbocycles. The van der Waals surface area contributed by atoms with Crippen molar-refractivity contribution in [3.63, 3.8) is 0 Å². The Morgan fingerprint density at radius 2 is 2.29 bits per heavy atom. The second-order valence-corrected chi connectivity index (χ2v) is 6.91. The van der Waals surface area contributed by atoms with Gasteiger partial charge in [0.1, 0.15) is 5.75 Å². The normalized spacial score (nSPS) is 14.8. The fraction of sp³-hybridized carbons (Fsp3) is 0.421. The van der Waals surface area contributed by atoms with Gasteiger partial charge in [-0.1, -0.05) is 18.2 Å². The molecule has 0 spiro atoms. The lowest BCUT2D eigenvalue weighted by Gasteiger charge is -2.16. The van der Waals surface area contributed by atoms with E-state index >= 15 is 0 Å². The third-order valence-corrected chi connectivity index (χ3v) is 5.15. The van der Waals surface area contributed by atoms with Crippen molar-refractivity contribution in [2.75, 3.05) is 19.7 Å². The minimum atomic E-state index is 0.264. The Hall–Kier alpha value is -2.01. The Morgan fingerprint density at radius 3 is 3.08 bits per heavy atom. The van der Waals surface area contributed by atoms with Gasteiger partial charge in [-0.2, -0.15) is 0 Å². The van der Waals surface area contributed by atoms with Crippen LogP contribution < -0.4 is 15.4 Å². The van der Waals surface area contributed by atoms with Crippen molar-refractivity contribution >= 4 is 17.3 Å². The number of guanidine groups is 1. The number of nitrogens with one attached hydrogen (secondary N) is 2. The van der Waals surface area contributed by atoms with Crippen molar-refractivity contribution in [2.24, 2.45) is 4.99 Å². The summed E-state index contributed by atoms with van der Waals surface area (Å²) in [5.74, 6) is 1.92. The Bertz CT molecular complexity index is 682. The minimum absolute atomic E-state index is 0.264. The first-order chi connectivity index (χ1) is 11.8. The first-order valence-corrected chi connectivity index (χ1v) is 9.47. The number of fused-ring (bicyclic) bond motifs is 1. The predicted octanol–water partition coefficient (Wildman–Crippen LogP) is 3.54. The van der Waals surface area contributed by atoms with Gasteiger partial charge in [-0.25, -0.2) is 0 Å². The number of nitrogens with zero attached hydrogens (tertiary/aromatic N) is 1. The number of thiophene rings is 1. The summed E-state index contributed by atoms with van der Waals surface area (Å²) in [4.78, 5) is 6.04. The second-order valence-electron chi connectivity index (χ2n) is 5.93. The lowest BCUT2D eigenvalue weighted by molar-refractivity contribution is 0.357. The first-order valence-electron chi connectivity index (χ1n) is 8.59. The van der Waals surface area contributed by atoms with Crippen molar-refractivity contribution in [1.29, 1.82) is 0 Å². The molecule has 1 aliphatic rings. The van der Waals surface area contributed by atoms with E-state index in [1.54, 1.807) is 11.3 Å². The van der Waals surface area contributed by atoms with Gasteiger partial charge in [-0.3, -0.25) is 4.99 Å². The van der Waals surface area contributed by atoms with Crippen molar-refractivity contribution in [3.8, 4) is 5.75 Å². The number of hydrogen-bond donors (Lipinski definition) is 2. The average molecular weight is 343 g/mol. The molecule has 0 bridgehead atoms. The highest BCUT2D eigenvalue weighted by Crippen LogP contribution is 2.26. The van der Waals surface area contributed by atoms with Gasteiger partial charge >= 0.3 is 0 Å². The molecule has 1 aromatic heterocycles. The molecule has 0 aliphatic carbocycles. The second kappa shape index (κ2) is 8.20. The van der Waals surface area contributed by atoms with Crippen LogP contribution >= 0.6 is 11.3 Å². The number of rotatable bonds is 6. The molecule has 4 nitrogen and oxygen atoms in total. The zero-order valence-corrected chi connectivity index (χ0v) is 15.2. The fourth-order valence-electron chi connectivity index (χ4n) is 2.83. The molecule has 0 saturated carbocycles. The average Bonchev–Trinajstić information content (AvgIpc) is 3.26. The van der Waals surface area contributed by atoms with Gasteiger partial charge in [0.15, 0.2) is 5.96 Å². The van der Waals surface area contributed by atoms with Crippen LogP contribution in [0, 0.1) is 0 Å². The van der Waals surface area contributed by atoms with Crippen molar-refractivity contribution in [1.82, 2.24) is 10.6 Å². The lowest BCUT2D eigenvalue weighted by Crippen LogP contribution is -2.38. The maximum Gasteiger partial charge on any atom is 0.191 e. The van der Waals surface area contributed by atoms with Gasteiger partial charge in [-0.05, 0) is 48.9 Å². The Labute approximate surface area is 148 Å². The van der Waals surface area contributed by atoms with Crippen LogP contribution in [0.25, 0.3) is 0 Å². The molecular formula is C19H25N3OS. The third-order valence-electron chi connectivity index (χ3n) is 4.09. The number of hydrogen-bond acceptors (Lipinski definition) is 3. The van der Waals surface area contributed by atoms with Crippen molar-refractivity contribution < 1.29 is 4.74 Å². The van der Waals surface area contributed by atoms with Crippen molar-refractivity contribution in [3.05, 3.63) is 51.7 Å². The van der Waals surface area contributed by atoms with Gasteiger partial charge in [-0.15, -0.1) is 11.3 Å². The topological polar surface area (TPSA) is 45.7 Å². The third kappa shape index (κ3) is 4.29. The Balaban J connectivity index is 1.57. The van der Waals surface area contributed by atoms with Crippen LogP contribution in [0.2, 0.25) is 0 Å². The van der Waals surface area contributed by atoms with Crippen LogP contribution in [-0.4, -0.2) is 25.7 Å². The predicted molar refractivity (Wildman–Crippen MR) is 101 cm³/mol. The molecule has 1 atom stereocenters. The van der Waals surface area contributed by atoms with Gasteiger partial charge in [0.2, 0.25) is 0 Å². The molecule has 2 aromatic rings.